The molecule has 0 aliphatic rings. The minimum absolute atomic E-state index is 0.0553. The van der Waals surface area contributed by atoms with E-state index in [1.807, 2.05) is 0 Å². The van der Waals surface area contributed by atoms with E-state index in [0.29, 0.717) is 42.4 Å². The van der Waals surface area contributed by atoms with Gasteiger partial charge in [-0.2, -0.15) is 0 Å². The number of rotatable bonds is 9. The van der Waals surface area contributed by atoms with E-state index in [1.165, 1.54) is 13.3 Å². The maximum Gasteiger partial charge on any atom is 0.339 e. The molecular formula is C17H17NO6. The second kappa shape index (κ2) is 9.26. The molecule has 0 aliphatic carbocycles. The summed E-state index contributed by atoms with van der Waals surface area (Å²) in [6.45, 7) is 0.698. The fraction of sp³-hybridized carbons (Fsp3) is 0.235. The summed E-state index contributed by atoms with van der Waals surface area (Å²) < 4.78 is 20.7. The quantitative estimate of drug-likeness (QED) is 0.396. The van der Waals surface area contributed by atoms with E-state index in [4.69, 9.17) is 14.2 Å². The van der Waals surface area contributed by atoms with E-state index < -0.39 is 5.97 Å². The van der Waals surface area contributed by atoms with E-state index in [-0.39, 0.29) is 6.61 Å². The standard InChI is InChI=1S/C17H17NO6/c1-21-17(20)13-5-6-16(18-12-13)24-15-4-2-3-14(11-15)23-10-9-22-8-7-19/h2-7,11-12H,8-10H2,1H3. The van der Waals surface area contributed by atoms with Crippen molar-refractivity contribution >= 4 is 12.3 Å². The van der Waals surface area contributed by atoms with Crippen LogP contribution in [-0.4, -0.2) is 44.2 Å². The smallest absolute Gasteiger partial charge is 0.339 e. The lowest BCUT2D eigenvalue weighted by Gasteiger charge is -2.09. The number of pyridine rings is 1. The zero-order chi connectivity index (χ0) is 17.2. The van der Waals surface area contributed by atoms with Crippen LogP contribution in [0.15, 0.2) is 42.6 Å². The molecule has 1 aromatic heterocycles. The van der Waals surface area contributed by atoms with Gasteiger partial charge < -0.3 is 23.7 Å². The van der Waals surface area contributed by atoms with Crippen molar-refractivity contribution < 1.29 is 28.5 Å². The van der Waals surface area contributed by atoms with E-state index >= 15 is 0 Å². The number of hydrogen-bond donors (Lipinski definition) is 0. The van der Waals surface area contributed by atoms with Crippen molar-refractivity contribution in [2.75, 3.05) is 26.9 Å². The zero-order valence-electron chi connectivity index (χ0n) is 13.1. The predicted octanol–water partition coefficient (Wildman–Crippen LogP) is 2.25. The van der Waals surface area contributed by atoms with Crippen LogP contribution in [0.1, 0.15) is 10.4 Å². The first-order valence-corrected chi connectivity index (χ1v) is 7.19. The summed E-state index contributed by atoms with van der Waals surface area (Å²) in [6, 6.07) is 10.2. The molecule has 0 unspecified atom stereocenters. The van der Waals surface area contributed by atoms with E-state index in [9.17, 15) is 9.59 Å². The Kier molecular flexibility index (Phi) is 6.73. The molecule has 0 amide bonds. The first kappa shape index (κ1) is 17.4. The number of benzene rings is 1. The van der Waals surface area contributed by atoms with Crippen LogP contribution in [0.3, 0.4) is 0 Å². The highest BCUT2D eigenvalue weighted by molar-refractivity contribution is 5.88. The second-order valence-electron chi connectivity index (χ2n) is 4.54. The number of carbonyl (C=O) groups excluding carboxylic acids is 2. The van der Waals surface area contributed by atoms with Crippen LogP contribution in [0.2, 0.25) is 0 Å². The van der Waals surface area contributed by atoms with Gasteiger partial charge in [-0.05, 0) is 18.2 Å². The number of methoxy groups -OCH3 is 1. The number of hydrogen-bond acceptors (Lipinski definition) is 7. The summed E-state index contributed by atoms with van der Waals surface area (Å²) in [5, 5.41) is 0. The molecule has 0 N–H and O–H groups in total. The predicted molar refractivity (Wildman–Crippen MR) is 84.5 cm³/mol. The molecule has 0 atom stereocenters. The summed E-state index contributed by atoms with van der Waals surface area (Å²) in [5.74, 6) is 1.03. The third-order valence-electron chi connectivity index (χ3n) is 2.87. The molecule has 2 rings (SSSR count). The molecule has 0 saturated carbocycles. The van der Waals surface area contributed by atoms with E-state index in [1.54, 1.807) is 36.4 Å². The molecule has 0 radical (unpaired) electrons. The number of esters is 1. The Labute approximate surface area is 139 Å². The molecule has 0 saturated heterocycles. The van der Waals surface area contributed by atoms with Crippen molar-refractivity contribution in [3.63, 3.8) is 0 Å². The average molecular weight is 331 g/mol. The Morgan fingerprint density at radius 3 is 2.71 bits per heavy atom. The van der Waals surface area contributed by atoms with Crippen LogP contribution in [0, 0.1) is 0 Å². The van der Waals surface area contributed by atoms with Gasteiger partial charge >= 0.3 is 5.97 Å². The molecule has 7 heteroatoms. The Morgan fingerprint density at radius 2 is 2.00 bits per heavy atom. The van der Waals surface area contributed by atoms with Gasteiger partial charge in [0, 0.05) is 18.3 Å². The van der Waals surface area contributed by atoms with Gasteiger partial charge in [-0.15, -0.1) is 0 Å². The van der Waals surface area contributed by atoms with E-state index in [2.05, 4.69) is 9.72 Å². The highest BCUT2D eigenvalue weighted by Gasteiger charge is 2.07. The fourth-order valence-corrected chi connectivity index (χ4v) is 1.78. The molecular weight excluding hydrogens is 314 g/mol. The van der Waals surface area contributed by atoms with Crippen molar-refractivity contribution in [1.82, 2.24) is 4.98 Å². The Bertz CT molecular complexity index is 671. The van der Waals surface area contributed by atoms with Gasteiger partial charge in [0.1, 0.15) is 31.0 Å². The summed E-state index contributed by atoms with van der Waals surface area (Å²) >= 11 is 0. The number of ether oxygens (including phenoxy) is 4. The van der Waals surface area contributed by atoms with Gasteiger partial charge in [0.25, 0.3) is 0 Å². The van der Waals surface area contributed by atoms with Crippen LogP contribution in [0.25, 0.3) is 0 Å². The van der Waals surface area contributed by atoms with Crippen molar-refractivity contribution in [1.29, 1.82) is 0 Å². The van der Waals surface area contributed by atoms with Gasteiger partial charge in [0.2, 0.25) is 5.88 Å². The van der Waals surface area contributed by atoms with Crippen LogP contribution < -0.4 is 9.47 Å². The summed E-state index contributed by atoms with van der Waals surface area (Å²) in [7, 11) is 1.31. The molecule has 7 nitrogen and oxygen atoms in total. The molecule has 0 bridgehead atoms. The lowest BCUT2D eigenvalue weighted by molar-refractivity contribution is -0.112. The molecule has 1 aromatic carbocycles. The summed E-state index contributed by atoms with van der Waals surface area (Å²) in [5.41, 5.74) is 0.345. The summed E-state index contributed by atoms with van der Waals surface area (Å²) in [4.78, 5) is 25.5. The maximum atomic E-state index is 11.3. The van der Waals surface area contributed by atoms with Crippen molar-refractivity contribution in [3.8, 4) is 17.4 Å². The average Bonchev–Trinajstić information content (AvgIpc) is 2.62. The normalized spacial score (nSPS) is 10.0. The monoisotopic (exact) mass is 331 g/mol. The van der Waals surface area contributed by atoms with Gasteiger partial charge in [-0.1, -0.05) is 6.07 Å². The van der Waals surface area contributed by atoms with Gasteiger partial charge in [-0.3, -0.25) is 0 Å². The first-order valence-electron chi connectivity index (χ1n) is 7.19. The second-order valence-corrected chi connectivity index (χ2v) is 4.54. The van der Waals surface area contributed by atoms with Crippen LogP contribution in [0.5, 0.6) is 17.4 Å². The van der Waals surface area contributed by atoms with Crippen LogP contribution >= 0.6 is 0 Å². The zero-order valence-corrected chi connectivity index (χ0v) is 13.1. The minimum Gasteiger partial charge on any atom is -0.491 e. The third-order valence-corrected chi connectivity index (χ3v) is 2.87. The topological polar surface area (TPSA) is 84.0 Å². The summed E-state index contributed by atoms with van der Waals surface area (Å²) in [6.07, 6.45) is 2.07. The fourth-order valence-electron chi connectivity index (χ4n) is 1.78. The van der Waals surface area contributed by atoms with Crippen LogP contribution in [-0.2, 0) is 14.3 Å². The maximum absolute atomic E-state index is 11.3. The number of aromatic nitrogens is 1. The van der Waals surface area contributed by atoms with Gasteiger partial charge in [0.15, 0.2) is 0 Å². The SMILES string of the molecule is COC(=O)c1ccc(Oc2cccc(OCCOCC=O)c2)nc1. The van der Waals surface area contributed by atoms with Crippen LogP contribution in [0.4, 0.5) is 0 Å². The molecule has 126 valence electrons. The Hall–Kier alpha value is -2.93. The Balaban J connectivity index is 1.91. The molecule has 0 fully saturated rings. The molecule has 1 heterocycles. The Morgan fingerprint density at radius 1 is 1.17 bits per heavy atom. The number of aldehydes is 1. The van der Waals surface area contributed by atoms with Crippen molar-refractivity contribution in [3.05, 3.63) is 48.2 Å². The highest BCUT2D eigenvalue weighted by Crippen LogP contribution is 2.24. The molecule has 24 heavy (non-hydrogen) atoms. The van der Waals surface area contributed by atoms with Crippen molar-refractivity contribution in [2.24, 2.45) is 0 Å². The first-order chi connectivity index (χ1) is 11.7. The lowest BCUT2D eigenvalue weighted by Crippen LogP contribution is -2.07. The highest BCUT2D eigenvalue weighted by atomic mass is 16.5. The molecule has 0 aliphatic heterocycles. The molecule has 2 aromatic rings. The van der Waals surface area contributed by atoms with Gasteiger partial charge in [0.05, 0.1) is 19.3 Å². The van der Waals surface area contributed by atoms with Crippen molar-refractivity contribution in [2.45, 2.75) is 0 Å². The minimum atomic E-state index is -0.457. The van der Waals surface area contributed by atoms with Gasteiger partial charge in [-0.25, -0.2) is 9.78 Å². The third kappa shape index (κ3) is 5.36. The lowest BCUT2D eigenvalue weighted by atomic mass is 10.3. The number of nitrogens with zero attached hydrogens (tertiary/aromatic N) is 1. The number of carbonyl (C=O) groups is 2. The van der Waals surface area contributed by atoms with E-state index in [0.717, 1.165) is 0 Å². The largest absolute Gasteiger partial charge is 0.491 e. The molecule has 0 spiro atoms.